The van der Waals surface area contributed by atoms with Crippen LogP contribution in [0.2, 0.25) is 0 Å². The summed E-state index contributed by atoms with van der Waals surface area (Å²) in [6, 6.07) is 18.0. The van der Waals surface area contributed by atoms with E-state index in [-0.39, 0.29) is 17.8 Å². The summed E-state index contributed by atoms with van der Waals surface area (Å²) < 4.78 is 0. The summed E-state index contributed by atoms with van der Waals surface area (Å²) in [6.45, 7) is 3.70. The van der Waals surface area contributed by atoms with Crippen molar-refractivity contribution in [2.45, 2.75) is 6.92 Å². The Balaban J connectivity index is 1.37. The lowest BCUT2D eigenvalue weighted by Crippen LogP contribution is -2.51. The molecule has 0 aliphatic carbocycles. The van der Waals surface area contributed by atoms with Gasteiger partial charge in [0.1, 0.15) is 0 Å². The standard InChI is InChI=1S/C24H24N4O3S/c1-17-6-4-7-18(16-17)25-24(31)28-13-11-27(12-14-28)23(30)19-8-2-3-9-20(19)26-22(29)21-10-5-15-32-21/h2-10,15-16H,11-14H2,1H3,(H,25,31)(H,26,29). The third-order valence-corrected chi connectivity index (χ3v) is 6.14. The molecule has 0 bridgehead atoms. The Bertz CT molecular complexity index is 1120. The second-order valence-corrected chi connectivity index (χ2v) is 8.50. The van der Waals surface area contributed by atoms with E-state index in [1.54, 1.807) is 40.1 Å². The van der Waals surface area contributed by atoms with Crippen LogP contribution in [0.4, 0.5) is 16.2 Å². The fourth-order valence-corrected chi connectivity index (χ4v) is 4.20. The summed E-state index contributed by atoms with van der Waals surface area (Å²) in [7, 11) is 0. The number of hydrogen-bond donors (Lipinski definition) is 2. The summed E-state index contributed by atoms with van der Waals surface area (Å²) >= 11 is 1.35. The van der Waals surface area contributed by atoms with Gasteiger partial charge >= 0.3 is 6.03 Å². The van der Waals surface area contributed by atoms with Gasteiger partial charge in [0.15, 0.2) is 0 Å². The molecule has 3 aromatic rings. The van der Waals surface area contributed by atoms with Crippen molar-refractivity contribution in [2.75, 3.05) is 36.8 Å². The first kappa shape index (κ1) is 21.6. The predicted octanol–water partition coefficient (Wildman–Crippen LogP) is 4.30. The quantitative estimate of drug-likeness (QED) is 0.624. The number of rotatable bonds is 4. The van der Waals surface area contributed by atoms with Crippen LogP contribution in [0.15, 0.2) is 66.0 Å². The predicted molar refractivity (Wildman–Crippen MR) is 126 cm³/mol. The number of carbonyl (C=O) groups is 3. The number of urea groups is 1. The number of amides is 4. The summed E-state index contributed by atoms with van der Waals surface area (Å²) in [5, 5.41) is 7.58. The number of para-hydroxylation sites is 1. The third-order valence-electron chi connectivity index (χ3n) is 5.27. The molecule has 4 amide bonds. The second kappa shape index (κ2) is 9.65. The molecule has 0 spiro atoms. The maximum Gasteiger partial charge on any atom is 0.321 e. The SMILES string of the molecule is Cc1cccc(NC(=O)N2CCN(C(=O)c3ccccc3NC(=O)c3cccs3)CC2)c1. The van der Waals surface area contributed by atoms with E-state index in [1.807, 2.05) is 42.6 Å². The topological polar surface area (TPSA) is 81.8 Å². The molecule has 164 valence electrons. The van der Waals surface area contributed by atoms with Gasteiger partial charge in [0.2, 0.25) is 0 Å². The number of anilines is 2. The molecule has 1 aromatic heterocycles. The minimum atomic E-state index is -0.238. The van der Waals surface area contributed by atoms with Crippen LogP contribution in [-0.2, 0) is 0 Å². The number of nitrogens with one attached hydrogen (secondary N) is 2. The Morgan fingerprint density at radius 2 is 1.59 bits per heavy atom. The van der Waals surface area contributed by atoms with E-state index < -0.39 is 0 Å². The van der Waals surface area contributed by atoms with Crippen LogP contribution in [0, 0.1) is 6.92 Å². The van der Waals surface area contributed by atoms with Crippen LogP contribution in [0.5, 0.6) is 0 Å². The Kier molecular flexibility index (Phi) is 6.51. The van der Waals surface area contributed by atoms with Crippen LogP contribution >= 0.6 is 11.3 Å². The number of hydrogen-bond acceptors (Lipinski definition) is 4. The van der Waals surface area contributed by atoms with Gasteiger partial charge in [-0.2, -0.15) is 0 Å². The van der Waals surface area contributed by atoms with Crippen LogP contribution < -0.4 is 10.6 Å². The normalized spacial score (nSPS) is 13.5. The summed E-state index contributed by atoms with van der Waals surface area (Å²) in [6.07, 6.45) is 0. The molecule has 2 aromatic carbocycles. The van der Waals surface area contributed by atoms with Gasteiger partial charge in [0.25, 0.3) is 11.8 Å². The van der Waals surface area contributed by atoms with Gasteiger partial charge in [0, 0.05) is 31.9 Å². The molecule has 7 nitrogen and oxygen atoms in total. The molecule has 1 fully saturated rings. The fraction of sp³-hybridized carbons (Fsp3) is 0.208. The van der Waals surface area contributed by atoms with E-state index in [0.717, 1.165) is 11.3 Å². The van der Waals surface area contributed by atoms with Gasteiger partial charge in [-0.05, 0) is 48.2 Å². The molecule has 0 unspecified atom stereocenters. The molecule has 0 saturated carbocycles. The van der Waals surface area contributed by atoms with Crippen molar-refractivity contribution in [2.24, 2.45) is 0 Å². The number of nitrogens with zero attached hydrogens (tertiary/aromatic N) is 2. The van der Waals surface area contributed by atoms with Crippen molar-refractivity contribution in [3.8, 4) is 0 Å². The Morgan fingerprint density at radius 3 is 2.31 bits per heavy atom. The van der Waals surface area contributed by atoms with Gasteiger partial charge in [0.05, 0.1) is 16.1 Å². The Morgan fingerprint density at radius 1 is 0.844 bits per heavy atom. The van der Waals surface area contributed by atoms with E-state index in [4.69, 9.17) is 0 Å². The zero-order valence-electron chi connectivity index (χ0n) is 17.7. The molecular weight excluding hydrogens is 424 g/mol. The lowest BCUT2D eigenvalue weighted by Gasteiger charge is -2.35. The number of piperazine rings is 1. The van der Waals surface area contributed by atoms with E-state index in [0.29, 0.717) is 42.3 Å². The minimum Gasteiger partial charge on any atom is -0.335 e. The highest BCUT2D eigenvalue weighted by atomic mass is 32.1. The van der Waals surface area contributed by atoms with Gasteiger partial charge < -0.3 is 20.4 Å². The first-order valence-electron chi connectivity index (χ1n) is 10.4. The minimum absolute atomic E-state index is 0.161. The van der Waals surface area contributed by atoms with Crippen molar-refractivity contribution in [3.63, 3.8) is 0 Å². The summed E-state index contributed by atoms with van der Waals surface area (Å²) in [5.41, 5.74) is 2.75. The summed E-state index contributed by atoms with van der Waals surface area (Å²) in [5.74, 6) is -0.399. The molecule has 1 aliphatic rings. The first-order chi connectivity index (χ1) is 15.5. The molecule has 4 rings (SSSR count). The highest BCUT2D eigenvalue weighted by Gasteiger charge is 2.26. The van der Waals surface area contributed by atoms with Crippen molar-refractivity contribution in [1.82, 2.24) is 9.80 Å². The van der Waals surface area contributed by atoms with Gasteiger partial charge in [-0.25, -0.2) is 4.79 Å². The van der Waals surface area contributed by atoms with Crippen LogP contribution in [0.3, 0.4) is 0 Å². The molecule has 8 heteroatoms. The maximum atomic E-state index is 13.2. The highest BCUT2D eigenvalue weighted by molar-refractivity contribution is 7.12. The molecule has 2 N–H and O–H groups in total. The third kappa shape index (κ3) is 4.97. The van der Waals surface area contributed by atoms with Crippen molar-refractivity contribution in [1.29, 1.82) is 0 Å². The average molecular weight is 449 g/mol. The summed E-state index contributed by atoms with van der Waals surface area (Å²) in [4.78, 5) is 42.2. The second-order valence-electron chi connectivity index (χ2n) is 7.56. The Labute approximate surface area is 190 Å². The molecule has 2 heterocycles. The zero-order chi connectivity index (χ0) is 22.5. The van der Waals surface area contributed by atoms with Gasteiger partial charge in [-0.15, -0.1) is 11.3 Å². The molecular formula is C24H24N4O3S. The number of benzene rings is 2. The highest BCUT2D eigenvalue weighted by Crippen LogP contribution is 2.21. The van der Waals surface area contributed by atoms with Crippen molar-refractivity contribution in [3.05, 3.63) is 82.0 Å². The van der Waals surface area contributed by atoms with E-state index >= 15 is 0 Å². The van der Waals surface area contributed by atoms with E-state index in [1.165, 1.54) is 11.3 Å². The maximum absolute atomic E-state index is 13.2. The lowest BCUT2D eigenvalue weighted by molar-refractivity contribution is 0.0672. The molecule has 0 atom stereocenters. The largest absolute Gasteiger partial charge is 0.335 e. The van der Waals surface area contributed by atoms with Gasteiger partial charge in [-0.3, -0.25) is 9.59 Å². The van der Waals surface area contributed by atoms with Crippen LogP contribution in [-0.4, -0.2) is 53.8 Å². The monoisotopic (exact) mass is 448 g/mol. The van der Waals surface area contributed by atoms with Crippen molar-refractivity contribution >= 4 is 40.6 Å². The lowest BCUT2D eigenvalue weighted by atomic mass is 10.1. The molecule has 1 aliphatic heterocycles. The van der Waals surface area contributed by atoms with E-state index in [2.05, 4.69) is 10.6 Å². The van der Waals surface area contributed by atoms with E-state index in [9.17, 15) is 14.4 Å². The average Bonchev–Trinajstić information content (AvgIpc) is 3.34. The molecule has 1 saturated heterocycles. The smallest absolute Gasteiger partial charge is 0.321 e. The first-order valence-corrected chi connectivity index (χ1v) is 11.2. The zero-order valence-corrected chi connectivity index (χ0v) is 18.5. The number of carbonyl (C=O) groups excluding carboxylic acids is 3. The van der Waals surface area contributed by atoms with Crippen LogP contribution in [0.1, 0.15) is 25.6 Å². The molecule has 32 heavy (non-hydrogen) atoms. The van der Waals surface area contributed by atoms with Gasteiger partial charge in [-0.1, -0.05) is 30.3 Å². The number of aryl methyl sites for hydroxylation is 1. The Hall–Kier alpha value is -3.65. The fourth-order valence-electron chi connectivity index (χ4n) is 3.58. The van der Waals surface area contributed by atoms with Crippen molar-refractivity contribution < 1.29 is 14.4 Å². The van der Waals surface area contributed by atoms with Crippen LogP contribution in [0.25, 0.3) is 0 Å². The number of thiophene rings is 1. The molecule has 0 radical (unpaired) electrons.